The highest BCUT2D eigenvalue weighted by atomic mass is 16.5. The highest BCUT2D eigenvalue weighted by molar-refractivity contribution is 4.44. The Kier molecular flexibility index (Phi) is 6.84. The standard InChI is InChI=1S/C3H8O3.C3H6O/c4-1-3(6)2-5;1-2-4-3-1/h3-6H,1-2H2;1-3H2. The second-order valence-corrected chi connectivity index (χ2v) is 1.98. The van der Waals surface area contributed by atoms with Crippen molar-refractivity contribution in [2.75, 3.05) is 26.4 Å². The van der Waals surface area contributed by atoms with Crippen molar-refractivity contribution >= 4 is 0 Å². The van der Waals surface area contributed by atoms with Crippen molar-refractivity contribution in [2.45, 2.75) is 12.5 Å². The molecular formula is C6H14O4. The summed E-state index contributed by atoms with van der Waals surface area (Å²) in [5.41, 5.74) is 0. The third-order valence-corrected chi connectivity index (χ3v) is 0.999. The lowest BCUT2D eigenvalue weighted by atomic mass is 10.4. The summed E-state index contributed by atoms with van der Waals surface area (Å²) < 4.78 is 4.72. The largest absolute Gasteiger partial charge is 0.394 e. The zero-order valence-electron chi connectivity index (χ0n) is 5.86. The van der Waals surface area contributed by atoms with Crippen molar-refractivity contribution in [3.63, 3.8) is 0 Å². The molecule has 0 amide bonds. The van der Waals surface area contributed by atoms with E-state index in [0.29, 0.717) is 0 Å². The van der Waals surface area contributed by atoms with Crippen LogP contribution in [-0.2, 0) is 4.74 Å². The molecule has 62 valence electrons. The van der Waals surface area contributed by atoms with E-state index in [1.54, 1.807) is 0 Å². The minimum atomic E-state index is -0.954. The second-order valence-electron chi connectivity index (χ2n) is 1.98. The molecule has 0 aromatic heterocycles. The molecule has 4 heteroatoms. The molecule has 0 atom stereocenters. The Labute approximate surface area is 60.1 Å². The van der Waals surface area contributed by atoms with Gasteiger partial charge in [0.2, 0.25) is 0 Å². The van der Waals surface area contributed by atoms with Crippen LogP contribution in [0.4, 0.5) is 0 Å². The zero-order chi connectivity index (χ0) is 7.82. The van der Waals surface area contributed by atoms with Crippen LogP contribution in [0.5, 0.6) is 0 Å². The summed E-state index contributed by atoms with van der Waals surface area (Å²) in [7, 11) is 0. The highest BCUT2D eigenvalue weighted by Gasteiger charge is 1.94. The summed E-state index contributed by atoms with van der Waals surface area (Å²) in [6.07, 6.45) is 0.324. The third kappa shape index (κ3) is 5.97. The van der Waals surface area contributed by atoms with E-state index in [9.17, 15) is 0 Å². The van der Waals surface area contributed by atoms with Crippen LogP contribution in [0.15, 0.2) is 0 Å². The smallest absolute Gasteiger partial charge is 0.100 e. The van der Waals surface area contributed by atoms with Gasteiger partial charge in [-0.25, -0.2) is 0 Å². The fourth-order valence-corrected chi connectivity index (χ4v) is 0.202. The van der Waals surface area contributed by atoms with Crippen LogP contribution < -0.4 is 0 Å². The van der Waals surface area contributed by atoms with Gasteiger partial charge in [-0.15, -0.1) is 0 Å². The lowest BCUT2D eigenvalue weighted by Crippen LogP contribution is -2.15. The molecule has 0 spiro atoms. The topological polar surface area (TPSA) is 69.9 Å². The average molecular weight is 150 g/mol. The van der Waals surface area contributed by atoms with Crippen LogP contribution >= 0.6 is 0 Å². The van der Waals surface area contributed by atoms with Gasteiger partial charge in [-0.1, -0.05) is 0 Å². The summed E-state index contributed by atoms with van der Waals surface area (Å²) >= 11 is 0. The Bertz CT molecular complexity index is 54.8. The van der Waals surface area contributed by atoms with Gasteiger partial charge in [-0.3, -0.25) is 0 Å². The van der Waals surface area contributed by atoms with Crippen molar-refractivity contribution in [1.82, 2.24) is 0 Å². The van der Waals surface area contributed by atoms with Gasteiger partial charge in [0.25, 0.3) is 0 Å². The first kappa shape index (κ1) is 9.84. The fraction of sp³-hybridized carbons (Fsp3) is 1.00. The van der Waals surface area contributed by atoms with Crippen LogP contribution in [-0.4, -0.2) is 47.9 Å². The summed E-state index contributed by atoms with van der Waals surface area (Å²) in [5.74, 6) is 0. The molecule has 0 bridgehead atoms. The number of hydrogen-bond donors (Lipinski definition) is 3. The van der Waals surface area contributed by atoms with Crippen molar-refractivity contribution in [1.29, 1.82) is 0 Å². The van der Waals surface area contributed by atoms with E-state index < -0.39 is 6.10 Å². The molecule has 3 N–H and O–H groups in total. The van der Waals surface area contributed by atoms with Crippen LogP contribution in [0.1, 0.15) is 6.42 Å². The van der Waals surface area contributed by atoms with Gasteiger partial charge in [-0.05, 0) is 6.42 Å². The van der Waals surface area contributed by atoms with Gasteiger partial charge in [0.15, 0.2) is 0 Å². The fourth-order valence-electron chi connectivity index (χ4n) is 0.202. The van der Waals surface area contributed by atoms with E-state index in [0.717, 1.165) is 13.2 Å². The minimum absolute atomic E-state index is 0.365. The summed E-state index contributed by atoms with van der Waals surface area (Å²) in [6, 6.07) is 0. The number of aliphatic hydroxyl groups is 3. The lowest BCUT2D eigenvalue weighted by Gasteiger charge is -2.09. The van der Waals surface area contributed by atoms with Crippen molar-refractivity contribution in [3.8, 4) is 0 Å². The van der Waals surface area contributed by atoms with Gasteiger partial charge < -0.3 is 20.1 Å². The van der Waals surface area contributed by atoms with E-state index in [1.165, 1.54) is 6.42 Å². The molecule has 10 heavy (non-hydrogen) atoms. The third-order valence-electron chi connectivity index (χ3n) is 0.999. The number of ether oxygens (including phenoxy) is 1. The monoisotopic (exact) mass is 150 g/mol. The molecule has 1 aliphatic rings. The quantitative estimate of drug-likeness (QED) is 0.459. The molecule has 0 aliphatic carbocycles. The Morgan fingerprint density at radius 1 is 1.20 bits per heavy atom. The van der Waals surface area contributed by atoms with Gasteiger partial charge in [0.05, 0.1) is 13.2 Å². The molecule has 0 aromatic rings. The highest BCUT2D eigenvalue weighted by Crippen LogP contribution is 1.93. The van der Waals surface area contributed by atoms with Gasteiger partial charge >= 0.3 is 0 Å². The normalized spacial score (nSPS) is 15.6. The second kappa shape index (κ2) is 6.95. The van der Waals surface area contributed by atoms with Crippen LogP contribution in [0, 0.1) is 0 Å². The maximum Gasteiger partial charge on any atom is 0.100 e. The summed E-state index contributed by atoms with van der Waals surface area (Å²) in [4.78, 5) is 0. The minimum Gasteiger partial charge on any atom is -0.394 e. The lowest BCUT2D eigenvalue weighted by molar-refractivity contribution is 0.0367. The van der Waals surface area contributed by atoms with Crippen LogP contribution in [0.2, 0.25) is 0 Å². The van der Waals surface area contributed by atoms with Crippen molar-refractivity contribution in [3.05, 3.63) is 0 Å². The maximum atomic E-state index is 8.17. The molecule has 1 rings (SSSR count). The van der Waals surface area contributed by atoms with Crippen LogP contribution in [0.25, 0.3) is 0 Å². The SMILES string of the molecule is C1COC1.OCC(O)CO. The molecule has 0 saturated carbocycles. The van der Waals surface area contributed by atoms with Crippen molar-refractivity contribution < 1.29 is 20.1 Å². The Hall–Kier alpha value is -0.160. The maximum absolute atomic E-state index is 8.17. The molecule has 1 saturated heterocycles. The van der Waals surface area contributed by atoms with E-state index >= 15 is 0 Å². The first-order chi connectivity index (χ1) is 4.81. The summed E-state index contributed by atoms with van der Waals surface area (Å²) in [5, 5.41) is 24.0. The van der Waals surface area contributed by atoms with Gasteiger partial charge in [0.1, 0.15) is 6.10 Å². The van der Waals surface area contributed by atoms with E-state index in [-0.39, 0.29) is 13.2 Å². The molecule has 0 unspecified atom stereocenters. The zero-order valence-corrected chi connectivity index (χ0v) is 5.86. The molecule has 4 nitrogen and oxygen atoms in total. The first-order valence-electron chi connectivity index (χ1n) is 3.28. The Morgan fingerprint density at radius 3 is 1.50 bits per heavy atom. The molecule has 1 heterocycles. The number of rotatable bonds is 2. The molecule has 1 aliphatic heterocycles. The van der Waals surface area contributed by atoms with Crippen LogP contribution in [0.3, 0.4) is 0 Å². The van der Waals surface area contributed by atoms with Gasteiger partial charge in [0, 0.05) is 13.2 Å². The molecule has 0 aromatic carbocycles. The predicted molar refractivity (Wildman–Crippen MR) is 35.6 cm³/mol. The van der Waals surface area contributed by atoms with E-state index in [1.807, 2.05) is 0 Å². The van der Waals surface area contributed by atoms with E-state index in [2.05, 4.69) is 0 Å². The Balaban J connectivity index is 0.000000172. The molecular weight excluding hydrogens is 136 g/mol. The van der Waals surface area contributed by atoms with Crippen molar-refractivity contribution in [2.24, 2.45) is 0 Å². The Morgan fingerprint density at radius 2 is 1.50 bits per heavy atom. The molecule has 1 fully saturated rings. The van der Waals surface area contributed by atoms with E-state index in [4.69, 9.17) is 20.1 Å². The molecule has 0 radical (unpaired) electrons. The predicted octanol–water partition coefficient (Wildman–Crippen LogP) is -1.26. The number of aliphatic hydroxyl groups excluding tert-OH is 3. The average Bonchev–Trinajstić information content (AvgIpc) is 1.83. The summed E-state index contributed by atoms with van der Waals surface area (Å²) in [6.45, 7) is 1.27. The first-order valence-corrected chi connectivity index (χ1v) is 3.28. The number of hydrogen-bond acceptors (Lipinski definition) is 4. The van der Waals surface area contributed by atoms with Gasteiger partial charge in [-0.2, -0.15) is 0 Å².